The summed E-state index contributed by atoms with van der Waals surface area (Å²) in [6.07, 6.45) is 4.17. The van der Waals surface area contributed by atoms with E-state index in [2.05, 4.69) is 11.4 Å². The number of nitrogens with zero attached hydrogens (tertiary/aromatic N) is 2. The average Bonchev–Trinajstić information content (AvgIpc) is 3.38. The van der Waals surface area contributed by atoms with Crippen molar-refractivity contribution in [1.82, 2.24) is 15.1 Å². The maximum Gasteiger partial charge on any atom is 0.242 e. The van der Waals surface area contributed by atoms with Crippen molar-refractivity contribution in [3.05, 3.63) is 59.5 Å². The topological polar surface area (TPSA) is 82.9 Å². The van der Waals surface area contributed by atoms with Gasteiger partial charge in [0.2, 0.25) is 17.7 Å². The van der Waals surface area contributed by atoms with Crippen LogP contribution < -0.4 is 5.32 Å². The number of benzene rings is 1. The fraction of sp³-hybridized carbons (Fsp3) is 0.458. The second kappa shape index (κ2) is 8.96. The zero-order valence-electron chi connectivity index (χ0n) is 17.9. The maximum absolute atomic E-state index is 12.9. The van der Waals surface area contributed by atoms with Crippen molar-refractivity contribution in [2.24, 2.45) is 0 Å². The van der Waals surface area contributed by atoms with Crippen molar-refractivity contribution in [2.45, 2.75) is 51.1 Å². The van der Waals surface area contributed by atoms with Gasteiger partial charge in [0, 0.05) is 44.4 Å². The van der Waals surface area contributed by atoms with E-state index in [4.69, 9.17) is 4.42 Å². The molecule has 1 N–H and O–H groups in total. The second-order valence-electron chi connectivity index (χ2n) is 8.70. The Morgan fingerprint density at radius 2 is 2.06 bits per heavy atom. The Morgan fingerprint density at radius 1 is 1.19 bits per heavy atom. The van der Waals surface area contributed by atoms with Crippen LogP contribution in [0.4, 0.5) is 0 Å². The van der Waals surface area contributed by atoms with Gasteiger partial charge >= 0.3 is 0 Å². The van der Waals surface area contributed by atoms with Crippen LogP contribution in [0.3, 0.4) is 0 Å². The molecule has 4 rings (SSSR count). The smallest absolute Gasteiger partial charge is 0.242 e. The predicted molar refractivity (Wildman–Crippen MR) is 115 cm³/mol. The zero-order chi connectivity index (χ0) is 21.8. The Morgan fingerprint density at radius 3 is 2.74 bits per heavy atom. The van der Waals surface area contributed by atoms with E-state index in [0.29, 0.717) is 51.7 Å². The predicted octanol–water partition coefficient (Wildman–Crippen LogP) is 2.43. The average molecular weight is 424 g/mol. The molecule has 2 saturated heterocycles. The molecule has 0 radical (unpaired) electrons. The number of amides is 3. The molecule has 31 heavy (non-hydrogen) atoms. The molecule has 7 heteroatoms. The van der Waals surface area contributed by atoms with Gasteiger partial charge in [-0.05, 0) is 37.5 Å². The van der Waals surface area contributed by atoms with E-state index in [1.807, 2.05) is 42.2 Å². The lowest BCUT2D eigenvalue weighted by molar-refractivity contribution is -0.145. The van der Waals surface area contributed by atoms with E-state index in [9.17, 15) is 14.4 Å². The number of hydrogen-bond donors (Lipinski definition) is 1. The standard InChI is InChI=1S/C24H29N3O4/c1-18-4-2-5-19(14-18)16-26-11-12-27(17-23(26)30)22(29)8-10-24(9-7-21(28)25-24)15-20-6-3-13-31-20/h2-6,13-14H,7-12,15-17H2,1H3,(H,25,28)/t24-/m1/s1. The minimum atomic E-state index is -0.457. The summed E-state index contributed by atoms with van der Waals surface area (Å²) >= 11 is 0. The van der Waals surface area contributed by atoms with Gasteiger partial charge in [0.05, 0.1) is 12.8 Å². The molecule has 1 atom stereocenters. The number of carbonyl (C=O) groups is 3. The number of furan rings is 1. The Labute approximate surface area is 182 Å². The highest BCUT2D eigenvalue weighted by atomic mass is 16.3. The Hall–Kier alpha value is -3.09. The molecule has 0 spiro atoms. The first-order valence-electron chi connectivity index (χ1n) is 10.9. The number of aryl methyl sites for hydroxylation is 1. The molecule has 3 heterocycles. The molecule has 2 aliphatic rings. The van der Waals surface area contributed by atoms with Crippen LogP contribution in [-0.4, -0.2) is 52.7 Å². The van der Waals surface area contributed by atoms with Crippen LogP contribution in [0.25, 0.3) is 0 Å². The second-order valence-corrected chi connectivity index (χ2v) is 8.70. The molecule has 3 amide bonds. The van der Waals surface area contributed by atoms with Crippen molar-refractivity contribution >= 4 is 17.7 Å². The normalized spacial score (nSPS) is 21.5. The molecular weight excluding hydrogens is 394 g/mol. The minimum absolute atomic E-state index is 0.0129. The largest absolute Gasteiger partial charge is 0.469 e. The molecule has 2 aliphatic heterocycles. The van der Waals surface area contributed by atoms with Gasteiger partial charge in [-0.25, -0.2) is 0 Å². The van der Waals surface area contributed by atoms with Crippen molar-refractivity contribution < 1.29 is 18.8 Å². The van der Waals surface area contributed by atoms with E-state index in [-0.39, 0.29) is 24.3 Å². The number of piperazine rings is 1. The van der Waals surface area contributed by atoms with Gasteiger partial charge in [0.25, 0.3) is 0 Å². The molecular formula is C24H29N3O4. The number of rotatable bonds is 7. The molecule has 0 saturated carbocycles. The van der Waals surface area contributed by atoms with E-state index >= 15 is 0 Å². The molecule has 7 nitrogen and oxygen atoms in total. The summed E-state index contributed by atoms with van der Waals surface area (Å²) in [7, 11) is 0. The Balaban J connectivity index is 1.31. The van der Waals surface area contributed by atoms with E-state index in [1.54, 1.807) is 11.2 Å². The lowest BCUT2D eigenvalue weighted by atomic mass is 9.87. The number of carbonyl (C=O) groups excluding carboxylic acids is 3. The fourth-order valence-corrected chi connectivity index (χ4v) is 4.55. The zero-order valence-corrected chi connectivity index (χ0v) is 17.9. The van der Waals surface area contributed by atoms with Crippen molar-refractivity contribution in [2.75, 3.05) is 19.6 Å². The minimum Gasteiger partial charge on any atom is -0.469 e. The van der Waals surface area contributed by atoms with E-state index in [1.165, 1.54) is 5.56 Å². The Kier molecular flexibility index (Phi) is 6.11. The van der Waals surface area contributed by atoms with Crippen LogP contribution in [-0.2, 0) is 27.3 Å². The van der Waals surface area contributed by atoms with Crippen LogP contribution in [0, 0.1) is 6.92 Å². The van der Waals surface area contributed by atoms with Crippen LogP contribution in [0.15, 0.2) is 47.1 Å². The van der Waals surface area contributed by atoms with Gasteiger partial charge in [-0.1, -0.05) is 29.8 Å². The third kappa shape index (κ3) is 5.16. The highest BCUT2D eigenvalue weighted by Crippen LogP contribution is 2.30. The van der Waals surface area contributed by atoms with Gasteiger partial charge in [-0.15, -0.1) is 0 Å². The molecule has 0 unspecified atom stereocenters. The van der Waals surface area contributed by atoms with Crippen molar-refractivity contribution in [3.8, 4) is 0 Å². The van der Waals surface area contributed by atoms with Crippen LogP contribution in [0.2, 0.25) is 0 Å². The molecule has 2 fully saturated rings. The number of hydrogen-bond acceptors (Lipinski definition) is 4. The molecule has 1 aromatic heterocycles. The summed E-state index contributed by atoms with van der Waals surface area (Å²) in [4.78, 5) is 40.8. The monoisotopic (exact) mass is 423 g/mol. The van der Waals surface area contributed by atoms with Gasteiger partial charge in [-0.3, -0.25) is 14.4 Å². The summed E-state index contributed by atoms with van der Waals surface area (Å²) < 4.78 is 5.46. The van der Waals surface area contributed by atoms with Gasteiger partial charge in [0.1, 0.15) is 5.76 Å². The molecule has 2 aromatic rings. The van der Waals surface area contributed by atoms with Crippen LogP contribution in [0.5, 0.6) is 0 Å². The summed E-state index contributed by atoms with van der Waals surface area (Å²) in [5.74, 6) is 0.748. The first-order valence-corrected chi connectivity index (χ1v) is 10.9. The van der Waals surface area contributed by atoms with Crippen LogP contribution in [0.1, 0.15) is 42.6 Å². The lowest BCUT2D eigenvalue weighted by Gasteiger charge is -2.35. The number of nitrogens with one attached hydrogen (secondary N) is 1. The van der Waals surface area contributed by atoms with Gasteiger partial charge in [0.15, 0.2) is 0 Å². The van der Waals surface area contributed by atoms with Gasteiger partial charge < -0.3 is 19.5 Å². The Bertz CT molecular complexity index is 955. The first-order chi connectivity index (χ1) is 14.9. The fourth-order valence-electron chi connectivity index (χ4n) is 4.55. The summed E-state index contributed by atoms with van der Waals surface area (Å²) in [6.45, 7) is 3.79. The summed E-state index contributed by atoms with van der Waals surface area (Å²) in [5.41, 5.74) is 1.81. The van der Waals surface area contributed by atoms with Crippen LogP contribution >= 0.6 is 0 Å². The highest BCUT2D eigenvalue weighted by Gasteiger charge is 2.39. The highest BCUT2D eigenvalue weighted by molar-refractivity contribution is 5.86. The van der Waals surface area contributed by atoms with E-state index < -0.39 is 5.54 Å². The first kappa shape index (κ1) is 21.2. The third-order valence-corrected chi connectivity index (χ3v) is 6.27. The third-order valence-electron chi connectivity index (χ3n) is 6.27. The molecule has 1 aromatic carbocycles. The molecule has 0 aliphatic carbocycles. The SMILES string of the molecule is Cc1cccc(CN2CCN(C(=O)CC[C@@]3(Cc4ccco4)CCC(=O)N3)CC2=O)c1. The van der Waals surface area contributed by atoms with Gasteiger partial charge in [-0.2, -0.15) is 0 Å². The summed E-state index contributed by atoms with van der Waals surface area (Å²) in [6, 6.07) is 11.8. The maximum atomic E-state index is 12.9. The summed E-state index contributed by atoms with van der Waals surface area (Å²) in [5, 5.41) is 3.07. The van der Waals surface area contributed by atoms with Crippen molar-refractivity contribution in [3.63, 3.8) is 0 Å². The van der Waals surface area contributed by atoms with Crippen molar-refractivity contribution in [1.29, 1.82) is 0 Å². The quantitative estimate of drug-likeness (QED) is 0.742. The van der Waals surface area contributed by atoms with E-state index in [0.717, 1.165) is 11.3 Å². The molecule has 164 valence electrons. The lowest BCUT2D eigenvalue weighted by Crippen LogP contribution is -2.52. The molecule has 0 bridgehead atoms.